The maximum Gasteiger partial charge on any atom is 0.272 e. The SMILES string of the molecule is CCNC(=S)NNC(=O)c1cnn(CC)c1. The summed E-state index contributed by atoms with van der Waals surface area (Å²) in [5.74, 6) is -0.264. The van der Waals surface area contributed by atoms with Crippen LogP contribution in [-0.2, 0) is 6.54 Å². The van der Waals surface area contributed by atoms with Crippen molar-refractivity contribution in [2.75, 3.05) is 6.54 Å². The van der Waals surface area contributed by atoms with Gasteiger partial charge < -0.3 is 5.32 Å². The zero-order valence-corrected chi connectivity index (χ0v) is 10.1. The zero-order chi connectivity index (χ0) is 12.0. The number of nitrogens with one attached hydrogen (secondary N) is 3. The first-order chi connectivity index (χ1) is 7.67. The van der Waals surface area contributed by atoms with Gasteiger partial charge in [0, 0.05) is 19.3 Å². The van der Waals surface area contributed by atoms with Crippen LogP contribution in [0.4, 0.5) is 0 Å². The zero-order valence-electron chi connectivity index (χ0n) is 9.28. The number of aromatic nitrogens is 2. The Bertz CT molecular complexity index is 376. The highest BCUT2D eigenvalue weighted by molar-refractivity contribution is 7.80. The summed E-state index contributed by atoms with van der Waals surface area (Å²) in [5.41, 5.74) is 5.56. The van der Waals surface area contributed by atoms with Crippen molar-refractivity contribution >= 4 is 23.2 Å². The van der Waals surface area contributed by atoms with Gasteiger partial charge >= 0.3 is 0 Å². The lowest BCUT2D eigenvalue weighted by Gasteiger charge is -2.08. The highest BCUT2D eigenvalue weighted by Crippen LogP contribution is 1.96. The van der Waals surface area contributed by atoms with Crippen molar-refractivity contribution in [3.8, 4) is 0 Å². The molecule has 1 aromatic rings. The van der Waals surface area contributed by atoms with Crippen LogP contribution in [0.15, 0.2) is 12.4 Å². The fourth-order valence-corrected chi connectivity index (χ4v) is 1.24. The molecule has 0 aliphatic heterocycles. The van der Waals surface area contributed by atoms with Crippen molar-refractivity contribution in [3.63, 3.8) is 0 Å². The minimum absolute atomic E-state index is 0.264. The fraction of sp³-hybridized carbons (Fsp3) is 0.444. The van der Waals surface area contributed by atoms with Crippen molar-refractivity contribution in [3.05, 3.63) is 18.0 Å². The van der Waals surface area contributed by atoms with E-state index in [1.54, 1.807) is 10.9 Å². The molecule has 0 saturated carbocycles. The van der Waals surface area contributed by atoms with Crippen molar-refractivity contribution in [2.45, 2.75) is 20.4 Å². The minimum Gasteiger partial charge on any atom is -0.362 e. The lowest BCUT2D eigenvalue weighted by molar-refractivity contribution is 0.0943. The Morgan fingerprint density at radius 3 is 2.81 bits per heavy atom. The lowest BCUT2D eigenvalue weighted by atomic mass is 10.3. The van der Waals surface area contributed by atoms with E-state index < -0.39 is 0 Å². The van der Waals surface area contributed by atoms with Crippen LogP contribution in [0, 0.1) is 0 Å². The standard InChI is InChI=1S/C9H15N5OS/c1-3-10-9(16)13-12-8(15)7-5-11-14(4-2)6-7/h5-6H,3-4H2,1-2H3,(H,12,15)(H2,10,13,16). The fourth-order valence-electron chi connectivity index (χ4n) is 1.04. The lowest BCUT2D eigenvalue weighted by Crippen LogP contribution is -2.46. The van der Waals surface area contributed by atoms with Gasteiger partial charge in [0.2, 0.25) is 0 Å². The molecule has 6 nitrogen and oxygen atoms in total. The number of carbonyl (C=O) groups is 1. The van der Waals surface area contributed by atoms with E-state index >= 15 is 0 Å². The minimum atomic E-state index is -0.264. The van der Waals surface area contributed by atoms with E-state index in [-0.39, 0.29) is 5.91 Å². The molecule has 1 amide bonds. The summed E-state index contributed by atoms with van der Waals surface area (Å²) < 4.78 is 1.68. The summed E-state index contributed by atoms with van der Waals surface area (Å²) >= 11 is 4.89. The number of hydrogen-bond acceptors (Lipinski definition) is 3. The molecule has 16 heavy (non-hydrogen) atoms. The van der Waals surface area contributed by atoms with Crippen molar-refractivity contribution in [1.82, 2.24) is 25.9 Å². The van der Waals surface area contributed by atoms with Gasteiger partial charge in [0.05, 0.1) is 11.8 Å². The number of hydrogen-bond donors (Lipinski definition) is 3. The molecule has 0 radical (unpaired) electrons. The van der Waals surface area contributed by atoms with E-state index in [0.29, 0.717) is 17.2 Å². The molecule has 0 aromatic carbocycles. The third kappa shape index (κ3) is 3.50. The van der Waals surface area contributed by atoms with Gasteiger partial charge in [-0.2, -0.15) is 5.10 Å². The van der Waals surface area contributed by atoms with Crippen molar-refractivity contribution in [2.24, 2.45) is 0 Å². The van der Waals surface area contributed by atoms with Crippen LogP contribution in [0.1, 0.15) is 24.2 Å². The molecule has 0 saturated heterocycles. The van der Waals surface area contributed by atoms with Crippen LogP contribution in [-0.4, -0.2) is 27.3 Å². The molecule has 7 heteroatoms. The van der Waals surface area contributed by atoms with E-state index in [1.807, 2.05) is 13.8 Å². The molecule has 1 heterocycles. The number of hydrazine groups is 1. The van der Waals surface area contributed by atoms with E-state index in [0.717, 1.165) is 6.54 Å². The topological polar surface area (TPSA) is 71.0 Å². The Morgan fingerprint density at radius 2 is 2.25 bits per heavy atom. The molecule has 1 rings (SSSR count). The predicted molar refractivity (Wildman–Crippen MR) is 64.8 cm³/mol. The first-order valence-corrected chi connectivity index (χ1v) is 5.44. The Kier molecular flexibility index (Phi) is 4.71. The number of rotatable bonds is 3. The average Bonchev–Trinajstić information content (AvgIpc) is 2.75. The Balaban J connectivity index is 2.43. The summed E-state index contributed by atoms with van der Waals surface area (Å²) in [6.45, 7) is 5.31. The second-order valence-electron chi connectivity index (χ2n) is 3.02. The summed E-state index contributed by atoms with van der Waals surface area (Å²) in [6.07, 6.45) is 3.18. The number of thiocarbonyl (C=S) groups is 1. The molecule has 0 bridgehead atoms. The number of carbonyl (C=O) groups excluding carboxylic acids is 1. The highest BCUT2D eigenvalue weighted by atomic mass is 32.1. The molecule has 0 fully saturated rings. The van der Waals surface area contributed by atoms with Crippen LogP contribution in [0.2, 0.25) is 0 Å². The van der Waals surface area contributed by atoms with E-state index in [1.165, 1.54) is 6.20 Å². The van der Waals surface area contributed by atoms with Gasteiger partial charge in [-0.05, 0) is 26.1 Å². The molecule has 0 spiro atoms. The van der Waals surface area contributed by atoms with E-state index in [2.05, 4.69) is 21.3 Å². The van der Waals surface area contributed by atoms with Crippen LogP contribution in [0.5, 0.6) is 0 Å². The molecule has 0 unspecified atom stereocenters. The van der Waals surface area contributed by atoms with Gasteiger partial charge in [-0.3, -0.25) is 20.3 Å². The normalized spacial score (nSPS) is 9.62. The number of aryl methyl sites for hydroxylation is 1. The summed E-state index contributed by atoms with van der Waals surface area (Å²) in [6, 6.07) is 0. The average molecular weight is 241 g/mol. The second kappa shape index (κ2) is 6.06. The third-order valence-corrected chi connectivity index (χ3v) is 2.09. The number of amides is 1. The van der Waals surface area contributed by atoms with Crippen molar-refractivity contribution < 1.29 is 4.79 Å². The number of nitrogens with zero attached hydrogens (tertiary/aromatic N) is 2. The van der Waals surface area contributed by atoms with Crippen LogP contribution in [0.25, 0.3) is 0 Å². The van der Waals surface area contributed by atoms with Gasteiger partial charge in [0.1, 0.15) is 0 Å². The van der Waals surface area contributed by atoms with Gasteiger partial charge in [0.25, 0.3) is 5.91 Å². The van der Waals surface area contributed by atoms with Gasteiger partial charge in [-0.15, -0.1) is 0 Å². The highest BCUT2D eigenvalue weighted by Gasteiger charge is 2.07. The maximum absolute atomic E-state index is 11.6. The first kappa shape index (κ1) is 12.4. The Morgan fingerprint density at radius 1 is 1.50 bits per heavy atom. The summed E-state index contributed by atoms with van der Waals surface area (Å²) in [5, 5.41) is 7.24. The Labute approximate surface area is 99.4 Å². The summed E-state index contributed by atoms with van der Waals surface area (Å²) in [4.78, 5) is 11.6. The second-order valence-corrected chi connectivity index (χ2v) is 3.43. The van der Waals surface area contributed by atoms with Crippen LogP contribution >= 0.6 is 12.2 Å². The molecule has 0 aliphatic carbocycles. The van der Waals surface area contributed by atoms with E-state index in [9.17, 15) is 4.79 Å². The first-order valence-electron chi connectivity index (χ1n) is 5.04. The van der Waals surface area contributed by atoms with Crippen molar-refractivity contribution in [1.29, 1.82) is 0 Å². The van der Waals surface area contributed by atoms with E-state index in [4.69, 9.17) is 12.2 Å². The maximum atomic E-state index is 11.6. The Hall–Kier alpha value is -1.63. The van der Waals surface area contributed by atoms with Gasteiger partial charge in [-0.25, -0.2) is 0 Å². The third-order valence-electron chi connectivity index (χ3n) is 1.85. The van der Waals surface area contributed by atoms with Gasteiger partial charge in [-0.1, -0.05) is 0 Å². The molecule has 3 N–H and O–H groups in total. The summed E-state index contributed by atoms with van der Waals surface area (Å²) in [7, 11) is 0. The largest absolute Gasteiger partial charge is 0.362 e. The monoisotopic (exact) mass is 241 g/mol. The molecule has 1 aromatic heterocycles. The van der Waals surface area contributed by atoms with Crippen LogP contribution < -0.4 is 16.2 Å². The molecule has 0 aliphatic rings. The molecular formula is C9H15N5OS. The molecule has 88 valence electrons. The molecule has 0 atom stereocenters. The molecular weight excluding hydrogens is 226 g/mol. The smallest absolute Gasteiger partial charge is 0.272 e. The predicted octanol–water partition coefficient (Wildman–Crippen LogP) is 0.0318. The van der Waals surface area contributed by atoms with Crippen LogP contribution in [0.3, 0.4) is 0 Å². The van der Waals surface area contributed by atoms with Gasteiger partial charge in [0.15, 0.2) is 5.11 Å². The quantitative estimate of drug-likeness (QED) is 0.514.